The molecule has 4 rings (SSSR count). The van der Waals surface area contributed by atoms with Gasteiger partial charge >= 0.3 is 11.9 Å². The Hall–Kier alpha value is -3.61. The van der Waals surface area contributed by atoms with Crippen molar-refractivity contribution in [2.45, 2.75) is 46.1 Å². The van der Waals surface area contributed by atoms with Gasteiger partial charge in [-0.1, -0.05) is 45.4 Å². The average molecular weight is 506 g/mol. The summed E-state index contributed by atoms with van der Waals surface area (Å²) in [6.07, 6.45) is 2.88. The highest BCUT2D eigenvalue weighted by Crippen LogP contribution is 2.36. The molecule has 1 fully saturated rings. The number of rotatable bonds is 8. The second-order valence-corrected chi connectivity index (χ2v) is 10.1. The summed E-state index contributed by atoms with van der Waals surface area (Å²) in [6, 6.07) is 14.5. The number of nitrogens with zero attached hydrogens (tertiary/aromatic N) is 1. The van der Waals surface area contributed by atoms with Crippen LogP contribution in [0.25, 0.3) is 22.2 Å². The zero-order chi connectivity index (χ0) is 26.5. The molecule has 0 amide bonds. The summed E-state index contributed by atoms with van der Waals surface area (Å²) in [7, 11) is 3.14. The molecule has 0 unspecified atom stereocenters. The Labute approximate surface area is 218 Å². The van der Waals surface area contributed by atoms with Crippen LogP contribution in [0.15, 0.2) is 48.5 Å². The predicted molar refractivity (Wildman–Crippen MR) is 142 cm³/mol. The fourth-order valence-electron chi connectivity index (χ4n) is 5.14. The number of carbonyl (C=O) groups is 2. The summed E-state index contributed by atoms with van der Waals surface area (Å²) in [5.74, 6) is 1.28. The topological polar surface area (TPSA) is 84.0 Å². The van der Waals surface area contributed by atoms with Gasteiger partial charge in [-0.05, 0) is 60.9 Å². The third kappa shape index (κ3) is 6.04. The Bertz CT molecular complexity index is 1270. The van der Waals surface area contributed by atoms with Crippen LogP contribution >= 0.6 is 0 Å². The quantitative estimate of drug-likeness (QED) is 0.343. The summed E-state index contributed by atoms with van der Waals surface area (Å²) in [6.45, 7) is 6.07. The van der Waals surface area contributed by atoms with E-state index in [1.807, 2.05) is 30.3 Å². The van der Waals surface area contributed by atoms with Gasteiger partial charge in [0.05, 0.1) is 31.0 Å². The molecule has 7 nitrogen and oxygen atoms in total. The molecule has 3 aromatic rings. The molecule has 37 heavy (non-hydrogen) atoms. The maximum absolute atomic E-state index is 13.2. The molecular weight excluding hydrogens is 470 g/mol. The minimum absolute atomic E-state index is 0.145. The highest BCUT2D eigenvalue weighted by molar-refractivity contribution is 6.05. The molecule has 0 N–H and O–H groups in total. The molecule has 3 atom stereocenters. The van der Waals surface area contributed by atoms with E-state index >= 15 is 0 Å². The van der Waals surface area contributed by atoms with Crippen molar-refractivity contribution in [2.75, 3.05) is 20.8 Å². The first kappa shape index (κ1) is 26.5. The van der Waals surface area contributed by atoms with E-state index in [9.17, 15) is 9.59 Å². The number of aromatic nitrogens is 1. The van der Waals surface area contributed by atoms with Crippen LogP contribution in [0.3, 0.4) is 0 Å². The van der Waals surface area contributed by atoms with Crippen LogP contribution in [-0.2, 0) is 14.3 Å². The van der Waals surface area contributed by atoms with E-state index in [4.69, 9.17) is 23.9 Å². The van der Waals surface area contributed by atoms with E-state index in [1.54, 1.807) is 32.4 Å². The molecule has 1 aromatic heterocycles. The zero-order valence-electron chi connectivity index (χ0n) is 22.2. The molecule has 1 saturated carbocycles. The van der Waals surface area contributed by atoms with Gasteiger partial charge in [-0.15, -0.1) is 0 Å². The lowest BCUT2D eigenvalue weighted by atomic mass is 9.75. The van der Waals surface area contributed by atoms with Crippen LogP contribution < -0.4 is 9.47 Å². The van der Waals surface area contributed by atoms with Crippen molar-refractivity contribution in [1.29, 1.82) is 0 Å². The first-order chi connectivity index (χ1) is 17.8. The Morgan fingerprint density at radius 1 is 1.00 bits per heavy atom. The van der Waals surface area contributed by atoms with Crippen LogP contribution in [-0.4, -0.2) is 43.9 Å². The smallest absolute Gasteiger partial charge is 0.344 e. The van der Waals surface area contributed by atoms with Gasteiger partial charge in [-0.3, -0.25) is 0 Å². The third-order valence-corrected chi connectivity index (χ3v) is 7.18. The molecule has 0 saturated heterocycles. The summed E-state index contributed by atoms with van der Waals surface area (Å²) in [5.41, 5.74) is 2.29. The summed E-state index contributed by atoms with van der Waals surface area (Å²) in [4.78, 5) is 30.6. The van der Waals surface area contributed by atoms with E-state index in [0.717, 1.165) is 24.8 Å². The Balaban J connectivity index is 1.54. The molecular formula is C30H35NO6. The standard InChI is InChI=1S/C30H35NO6/c1-18(2)21-12-10-19(3)14-27(21)37-29(32)17-36-30(33)23-16-25(31-24-9-7-6-8-22(23)24)20-11-13-26(34-4)28(15-20)35-5/h6-9,11,13,15-16,18-19,21,27H,10,12,14,17H2,1-5H3/t19-,21-,27-/m1/s1. The van der Waals surface area contributed by atoms with Gasteiger partial charge in [0.1, 0.15) is 6.10 Å². The van der Waals surface area contributed by atoms with E-state index in [0.29, 0.717) is 51.4 Å². The Morgan fingerprint density at radius 2 is 1.76 bits per heavy atom. The van der Waals surface area contributed by atoms with Gasteiger partial charge < -0.3 is 18.9 Å². The molecule has 0 radical (unpaired) electrons. The molecule has 1 aliphatic carbocycles. The minimum atomic E-state index is -0.602. The maximum Gasteiger partial charge on any atom is 0.344 e. The lowest BCUT2D eigenvalue weighted by Gasteiger charge is -2.36. The lowest BCUT2D eigenvalue weighted by molar-refractivity contribution is -0.159. The number of methoxy groups -OCH3 is 2. The number of ether oxygens (including phenoxy) is 4. The van der Waals surface area contributed by atoms with E-state index in [2.05, 4.69) is 20.8 Å². The van der Waals surface area contributed by atoms with Crippen molar-refractivity contribution < 1.29 is 28.5 Å². The SMILES string of the molecule is COc1ccc(-c2cc(C(=O)OCC(=O)O[C@@H]3C[C@H](C)CC[C@@H]3C(C)C)c3ccccc3n2)cc1OC. The number of benzene rings is 2. The Morgan fingerprint density at radius 3 is 2.49 bits per heavy atom. The van der Waals surface area contributed by atoms with E-state index < -0.39 is 18.5 Å². The number of pyridine rings is 1. The summed E-state index contributed by atoms with van der Waals surface area (Å²) in [5, 5.41) is 0.645. The molecule has 0 bridgehead atoms. The zero-order valence-corrected chi connectivity index (χ0v) is 22.2. The fraction of sp³-hybridized carbons (Fsp3) is 0.433. The van der Waals surface area contributed by atoms with Crippen molar-refractivity contribution in [3.63, 3.8) is 0 Å². The maximum atomic E-state index is 13.2. The molecule has 7 heteroatoms. The highest BCUT2D eigenvalue weighted by atomic mass is 16.6. The molecule has 1 heterocycles. The van der Waals surface area contributed by atoms with Gasteiger partial charge in [-0.2, -0.15) is 0 Å². The first-order valence-electron chi connectivity index (χ1n) is 12.8. The monoisotopic (exact) mass is 505 g/mol. The number of esters is 2. The average Bonchev–Trinajstić information content (AvgIpc) is 2.90. The number of hydrogen-bond donors (Lipinski definition) is 0. The summed E-state index contributed by atoms with van der Waals surface area (Å²) < 4.78 is 22.0. The van der Waals surface area contributed by atoms with E-state index in [1.165, 1.54) is 0 Å². The van der Waals surface area contributed by atoms with E-state index in [-0.39, 0.29) is 6.10 Å². The molecule has 0 spiro atoms. The second-order valence-electron chi connectivity index (χ2n) is 10.1. The number of fused-ring (bicyclic) bond motifs is 1. The van der Waals surface area contributed by atoms with Gasteiger partial charge in [0.25, 0.3) is 0 Å². The third-order valence-electron chi connectivity index (χ3n) is 7.18. The van der Waals surface area contributed by atoms with Crippen molar-refractivity contribution in [3.05, 3.63) is 54.1 Å². The number of carbonyl (C=O) groups excluding carboxylic acids is 2. The predicted octanol–water partition coefficient (Wildman–Crippen LogP) is 6.08. The fourth-order valence-corrected chi connectivity index (χ4v) is 5.14. The largest absolute Gasteiger partial charge is 0.493 e. The molecule has 196 valence electrons. The molecule has 2 aromatic carbocycles. The van der Waals surface area contributed by atoms with Crippen LogP contribution in [0.4, 0.5) is 0 Å². The van der Waals surface area contributed by atoms with Crippen molar-refractivity contribution in [2.24, 2.45) is 17.8 Å². The van der Waals surface area contributed by atoms with Gasteiger partial charge in [0, 0.05) is 10.9 Å². The normalized spacial score (nSPS) is 19.5. The lowest BCUT2D eigenvalue weighted by Crippen LogP contribution is -2.36. The van der Waals surface area contributed by atoms with Gasteiger partial charge in [0.15, 0.2) is 18.1 Å². The number of para-hydroxylation sites is 1. The minimum Gasteiger partial charge on any atom is -0.493 e. The first-order valence-corrected chi connectivity index (χ1v) is 12.8. The van der Waals surface area contributed by atoms with Crippen molar-refractivity contribution in [3.8, 4) is 22.8 Å². The molecule has 0 aliphatic heterocycles. The molecule has 1 aliphatic rings. The van der Waals surface area contributed by atoms with Crippen molar-refractivity contribution in [1.82, 2.24) is 4.98 Å². The van der Waals surface area contributed by atoms with Gasteiger partial charge in [0.2, 0.25) is 0 Å². The summed E-state index contributed by atoms with van der Waals surface area (Å²) >= 11 is 0. The van der Waals surface area contributed by atoms with Gasteiger partial charge in [-0.25, -0.2) is 14.6 Å². The Kier molecular flexibility index (Phi) is 8.31. The number of hydrogen-bond acceptors (Lipinski definition) is 7. The highest BCUT2D eigenvalue weighted by Gasteiger charge is 2.33. The van der Waals surface area contributed by atoms with Crippen LogP contribution in [0.5, 0.6) is 11.5 Å². The van der Waals surface area contributed by atoms with Crippen molar-refractivity contribution >= 4 is 22.8 Å². The second kappa shape index (κ2) is 11.6. The van der Waals surface area contributed by atoms with Crippen LogP contribution in [0.2, 0.25) is 0 Å². The van der Waals surface area contributed by atoms with Crippen LogP contribution in [0, 0.1) is 17.8 Å². The van der Waals surface area contributed by atoms with Crippen LogP contribution in [0.1, 0.15) is 50.4 Å².